The van der Waals surface area contributed by atoms with Crippen LogP contribution in [0.4, 0.5) is 0 Å². The molecular weight excluding hydrogens is 234 g/mol. The van der Waals surface area contributed by atoms with E-state index in [9.17, 15) is 8.42 Å². The summed E-state index contributed by atoms with van der Waals surface area (Å²) in [6.45, 7) is 1.70. The standard InChI is InChI=1S/C9H13NO3S2/c1-7(10)9(14-15(11,12)13)8-5-3-2-4-6-8/h2-7,9H,10H2,1H3,(H,11,12,13)/t7-,9+/m1/s1. The smallest absolute Gasteiger partial charge is 0.320 e. The molecule has 0 saturated carbocycles. The molecule has 0 spiro atoms. The normalized spacial score (nSPS) is 15.9. The minimum Gasteiger partial charge on any atom is -0.327 e. The molecule has 0 heterocycles. The highest BCUT2D eigenvalue weighted by Gasteiger charge is 2.23. The monoisotopic (exact) mass is 247 g/mol. The zero-order chi connectivity index (χ0) is 11.5. The molecule has 0 amide bonds. The predicted octanol–water partition coefficient (Wildman–Crippen LogP) is 1.61. The van der Waals surface area contributed by atoms with Crippen LogP contribution < -0.4 is 5.73 Å². The summed E-state index contributed by atoms with van der Waals surface area (Å²) in [5, 5.41) is -0.457. The molecule has 15 heavy (non-hydrogen) atoms. The van der Waals surface area contributed by atoms with Crippen molar-refractivity contribution >= 4 is 19.9 Å². The Bertz CT molecular complexity index is 403. The van der Waals surface area contributed by atoms with E-state index in [1.54, 1.807) is 31.2 Å². The lowest BCUT2D eigenvalue weighted by molar-refractivity contribution is 0.502. The van der Waals surface area contributed by atoms with Gasteiger partial charge in [-0.15, -0.1) is 0 Å². The Balaban J connectivity index is 2.95. The predicted molar refractivity (Wildman–Crippen MR) is 62.0 cm³/mol. The summed E-state index contributed by atoms with van der Waals surface area (Å²) in [5.74, 6) is 0. The highest BCUT2D eigenvalue weighted by Crippen LogP contribution is 2.34. The molecule has 84 valence electrons. The first-order valence-electron chi connectivity index (χ1n) is 4.36. The molecule has 0 aliphatic carbocycles. The zero-order valence-electron chi connectivity index (χ0n) is 8.20. The van der Waals surface area contributed by atoms with Crippen LogP contribution in [-0.2, 0) is 9.15 Å². The average molecular weight is 247 g/mol. The molecule has 0 saturated heterocycles. The molecule has 1 aromatic carbocycles. The third-order valence-electron chi connectivity index (χ3n) is 1.83. The maximum Gasteiger partial charge on any atom is 0.320 e. The topological polar surface area (TPSA) is 80.4 Å². The van der Waals surface area contributed by atoms with Gasteiger partial charge in [0.25, 0.3) is 0 Å². The second-order valence-corrected chi connectivity index (χ2v) is 6.61. The van der Waals surface area contributed by atoms with Crippen molar-refractivity contribution in [1.29, 1.82) is 0 Å². The number of hydrogen-bond donors (Lipinski definition) is 2. The van der Waals surface area contributed by atoms with E-state index in [-0.39, 0.29) is 6.04 Å². The van der Waals surface area contributed by atoms with Gasteiger partial charge in [0.15, 0.2) is 0 Å². The Morgan fingerprint density at radius 2 is 1.87 bits per heavy atom. The van der Waals surface area contributed by atoms with E-state index in [0.717, 1.165) is 5.56 Å². The van der Waals surface area contributed by atoms with E-state index in [1.165, 1.54) is 0 Å². The quantitative estimate of drug-likeness (QED) is 0.624. The molecule has 1 aromatic rings. The first kappa shape index (κ1) is 12.5. The van der Waals surface area contributed by atoms with Crippen molar-refractivity contribution in [3.8, 4) is 0 Å². The van der Waals surface area contributed by atoms with Crippen LogP contribution in [-0.4, -0.2) is 19.0 Å². The van der Waals surface area contributed by atoms with Gasteiger partial charge in [-0.1, -0.05) is 30.3 Å². The Morgan fingerprint density at radius 1 is 1.33 bits per heavy atom. The molecule has 0 fully saturated rings. The molecule has 4 nitrogen and oxygen atoms in total. The van der Waals surface area contributed by atoms with Crippen molar-refractivity contribution in [2.24, 2.45) is 5.73 Å². The van der Waals surface area contributed by atoms with Crippen LogP contribution in [0, 0.1) is 0 Å². The maximum atomic E-state index is 10.8. The Labute approximate surface area is 93.0 Å². The summed E-state index contributed by atoms with van der Waals surface area (Å²) in [6.07, 6.45) is 0. The van der Waals surface area contributed by atoms with Crippen molar-refractivity contribution < 1.29 is 13.0 Å². The molecule has 0 bridgehead atoms. The fraction of sp³-hybridized carbons (Fsp3) is 0.333. The Morgan fingerprint density at radius 3 is 2.27 bits per heavy atom. The van der Waals surface area contributed by atoms with Crippen LogP contribution >= 0.6 is 10.8 Å². The van der Waals surface area contributed by atoms with Crippen LogP contribution in [0.5, 0.6) is 0 Å². The number of hydrogen-bond acceptors (Lipinski definition) is 4. The summed E-state index contributed by atoms with van der Waals surface area (Å²) in [7, 11) is -3.61. The minimum absolute atomic E-state index is 0.362. The Kier molecular flexibility index (Phi) is 4.15. The third-order valence-corrected chi connectivity index (χ3v) is 4.33. The van der Waals surface area contributed by atoms with Crippen LogP contribution in [0.3, 0.4) is 0 Å². The van der Waals surface area contributed by atoms with Crippen molar-refractivity contribution in [3.63, 3.8) is 0 Å². The average Bonchev–Trinajstić information content (AvgIpc) is 2.14. The molecule has 0 unspecified atom stereocenters. The number of nitrogens with two attached hydrogens (primary N) is 1. The zero-order valence-corrected chi connectivity index (χ0v) is 9.83. The largest absolute Gasteiger partial charge is 0.327 e. The summed E-state index contributed by atoms with van der Waals surface area (Å²) in [4.78, 5) is 0. The van der Waals surface area contributed by atoms with E-state index >= 15 is 0 Å². The van der Waals surface area contributed by atoms with Gasteiger partial charge in [0.2, 0.25) is 0 Å². The summed E-state index contributed by atoms with van der Waals surface area (Å²) >= 11 is 0. The van der Waals surface area contributed by atoms with E-state index in [4.69, 9.17) is 10.3 Å². The van der Waals surface area contributed by atoms with Crippen molar-refractivity contribution in [1.82, 2.24) is 0 Å². The molecule has 6 heteroatoms. The summed E-state index contributed by atoms with van der Waals surface area (Å²) < 4.78 is 30.3. The fourth-order valence-electron chi connectivity index (χ4n) is 1.22. The van der Waals surface area contributed by atoms with Gasteiger partial charge in [0.05, 0.1) is 5.25 Å². The van der Waals surface area contributed by atoms with Crippen LogP contribution in [0.25, 0.3) is 0 Å². The van der Waals surface area contributed by atoms with Crippen molar-refractivity contribution in [3.05, 3.63) is 35.9 Å². The first-order chi connectivity index (χ1) is 6.90. The molecule has 0 aliphatic rings. The van der Waals surface area contributed by atoms with Gasteiger partial charge >= 0.3 is 9.15 Å². The lowest BCUT2D eigenvalue weighted by Crippen LogP contribution is -2.23. The van der Waals surface area contributed by atoms with E-state index in [0.29, 0.717) is 10.8 Å². The van der Waals surface area contributed by atoms with Gasteiger partial charge in [0.1, 0.15) is 0 Å². The van der Waals surface area contributed by atoms with Gasteiger partial charge in [-0.2, -0.15) is 8.42 Å². The van der Waals surface area contributed by atoms with Crippen LogP contribution in [0.1, 0.15) is 17.7 Å². The fourth-order valence-corrected chi connectivity index (χ4v) is 3.57. The van der Waals surface area contributed by atoms with E-state index in [1.807, 2.05) is 6.07 Å². The minimum atomic E-state index is -4.08. The SMILES string of the molecule is C[C@@H](N)[C@H](SS(=O)(=O)O)c1ccccc1. The van der Waals surface area contributed by atoms with E-state index in [2.05, 4.69) is 0 Å². The molecular formula is C9H13NO3S2. The second kappa shape index (κ2) is 4.98. The van der Waals surface area contributed by atoms with Crippen molar-refractivity contribution in [2.75, 3.05) is 0 Å². The maximum absolute atomic E-state index is 10.8. The highest BCUT2D eigenvalue weighted by molar-refractivity contribution is 8.70. The lowest BCUT2D eigenvalue weighted by atomic mass is 10.1. The molecule has 0 aromatic heterocycles. The molecule has 2 atom stereocenters. The van der Waals surface area contributed by atoms with Gasteiger partial charge < -0.3 is 5.73 Å². The number of rotatable bonds is 4. The highest BCUT2D eigenvalue weighted by atomic mass is 33.1. The summed E-state index contributed by atoms with van der Waals surface area (Å²) in [6, 6.07) is 8.64. The van der Waals surface area contributed by atoms with Crippen LogP contribution in [0.2, 0.25) is 0 Å². The first-order valence-corrected chi connectivity index (χ1v) is 7.20. The Hall–Kier alpha value is -0.560. The van der Waals surface area contributed by atoms with Gasteiger partial charge in [0, 0.05) is 16.8 Å². The van der Waals surface area contributed by atoms with Crippen molar-refractivity contribution in [2.45, 2.75) is 18.2 Å². The molecule has 1 rings (SSSR count). The number of benzene rings is 1. The van der Waals surface area contributed by atoms with Gasteiger partial charge in [-0.3, -0.25) is 4.55 Å². The summed E-state index contributed by atoms with van der Waals surface area (Å²) in [5.41, 5.74) is 6.47. The third kappa shape index (κ3) is 4.21. The molecule has 3 N–H and O–H groups in total. The second-order valence-electron chi connectivity index (χ2n) is 3.21. The van der Waals surface area contributed by atoms with Crippen LogP contribution in [0.15, 0.2) is 30.3 Å². The van der Waals surface area contributed by atoms with Gasteiger partial charge in [-0.05, 0) is 12.5 Å². The van der Waals surface area contributed by atoms with E-state index < -0.39 is 14.4 Å². The van der Waals surface area contributed by atoms with Gasteiger partial charge in [-0.25, -0.2) is 0 Å². The molecule has 0 aliphatic heterocycles. The molecule has 0 radical (unpaired) electrons. The lowest BCUT2D eigenvalue weighted by Gasteiger charge is -2.18.